The number of fused-ring (bicyclic) bond motifs is 1. The topological polar surface area (TPSA) is 116 Å². The second-order valence-corrected chi connectivity index (χ2v) is 7.77. The molecule has 0 spiro atoms. The van der Waals surface area contributed by atoms with Crippen LogP contribution in [0.4, 0.5) is 19.0 Å². The molecule has 0 radical (unpaired) electrons. The lowest BCUT2D eigenvalue weighted by molar-refractivity contribution is -0.0555. The Morgan fingerprint density at radius 3 is 2.79 bits per heavy atom. The van der Waals surface area contributed by atoms with Crippen LogP contribution in [0.3, 0.4) is 0 Å². The number of nitrogens with two attached hydrogens (primary N) is 1. The van der Waals surface area contributed by atoms with Gasteiger partial charge in [-0.15, -0.1) is 0 Å². The lowest BCUT2D eigenvalue weighted by Crippen LogP contribution is -2.55. The van der Waals surface area contributed by atoms with Crippen LogP contribution in [0.5, 0.6) is 0 Å². The Bertz CT molecular complexity index is 883. The van der Waals surface area contributed by atoms with E-state index in [0.29, 0.717) is 18.0 Å². The molecule has 10 heteroatoms. The Morgan fingerprint density at radius 2 is 2.10 bits per heavy atom. The van der Waals surface area contributed by atoms with Crippen LogP contribution in [0.15, 0.2) is 6.20 Å². The molecule has 0 bridgehead atoms. The summed E-state index contributed by atoms with van der Waals surface area (Å²) in [6.07, 6.45) is 4.96. The number of amides is 1. The minimum Gasteiger partial charge on any atom is -0.388 e. The molecule has 1 aromatic heterocycles. The third-order valence-electron chi connectivity index (χ3n) is 5.64. The Kier molecular flexibility index (Phi) is 4.97. The number of aromatic nitrogens is 1. The first-order valence-corrected chi connectivity index (χ1v) is 9.69. The van der Waals surface area contributed by atoms with Gasteiger partial charge in [0.1, 0.15) is 0 Å². The SMILES string of the molecule is N=C/C(=C\NC1CC1)c1nc(N[C@@H]2CCCC(F)(F)[C@@H]2N)c(F)c2c1C(=O)NC2. The molecular formula is C19H23F3N6O. The number of allylic oxidation sites excluding steroid dienone is 1. The summed E-state index contributed by atoms with van der Waals surface area (Å²) in [6.45, 7) is -0.0294. The van der Waals surface area contributed by atoms with Crippen molar-refractivity contribution in [2.45, 2.75) is 62.7 Å². The van der Waals surface area contributed by atoms with Crippen molar-refractivity contribution in [3.8, 4) is 0 Å². The number of halogens is 3. The first-order chi connectivity index (χ1) is 13.8. The van der Waals surface area contributed by atoms with Gasteiger partial charge in [-0.25, -0.2) is 18.2 Å². The van der Waals surface area contributed by atoms with Crippen LogP contribution >= 0.6 is 0 Å². The van der Waals surface area contributed by atoms with E-state index in [4.69, 9.17) is 11.1 Å². The van der Waals surface area contributed by atoms with Gasteiger partial charge in [-0.3, -0.25) is 4.79 Å². The summed E-state index contributed by atoms with van der Waals surface area (Å²) in [5.41, 5.74) is 6.34. The number of pyridine rings is 1. The summed E-state index contributed by atoms with van der Waals surface area (Å²) in [5.74, 6) is -4.51. The van der Waals surface area contributed by atoms with Crippen molar-refractivity contribution in [1.29, 1.82) is 5.41 Å². The second kappa shape index (κ2) is 7.33. The maximum Gasteiger partial charge on any atom is 0.264 e. The van der Waals surface area contributed by atoms with Gasteiger partial charge >= 0.3 is 0 Å². The fraction of sp³-hybridized carbons (Fsp3) is 0.526. The molecule has 4 rings (SSSR count). The van der Waals surface area contributed by atoms with E-state index in [2.05, 4.69) is 20.9 Å². The Labute approximate surface area is 165 Å². The minimum atomic E-state index is -3.04. The fourth-order valence-electron chi connectivity index (χ4n) is 3.76. The Balaban J connectivity index is 1.72. The molecule has 6 N–H and O–H groups in total. The molecule has 3 aliphatic rings. The lowest BCUT2D eigenvalue weighted by atomic mass is 9.87. The van der Waals surface area contributed by atoms with Gasteiger partial charge in [0, 0.05) is 48.6 Å². The number of hydrogen-bond acceptors (Lipinski definition) is 6. The standard InChI is InChI=1S/C19H23F3N6O/c20-14-11-8-26-18(29)13(11)15(9(6-23)7-25-10-3-4-10)28-17(14)27-12-2-1-5-19(21,22)16(12)24/h6-7,10,12,16,23,25H,1-5,8,24H2,(H,26,29)(H,27,28)/b9-7+,23-6?/t12-,16-/m1/s1. The number of alkyl halides is 2. The molecule has 2 heterocycles. The van der Waals surface area contributed by atoms with Gasteiger partial charge in [-0.1, -0.05) is 0 Å². The van der Waals surface area contributed by atoms with Crippen molar-refractivity contribution in [1.82, 2.24) is 15.6 Å². The molecule has 1 aromatic rings. The van der Waals surface area contributed by atoms with Crippen molar-refractivity contribution in [2.75, 3.05) is 5.32 Å². The van der Waals surface area contributed by atoms with E-state index in [0.717, 1.165) is 19.1 Å². The van der Waals surface area contributed by atoms with E-state index in [1.807, 2.05) is 0 Å². The maximum absolute atomic E-state index is 15.1. The van der Waals surface area contributed by atoms with Crippen LogP contribution in [0, 0.1) is 11.2 Å². The number of carbonyl (C=O) groups excluding carboxylic acids is 1. The van der Waals surface area contributed by atoms with Crippen LogP contribution in [0.25, 0.3) is 5.57 Å². The molecular weight excluding hydrogens is 385 g/mol. The average Bonchev–Trinajstić information content (AvgIpc) is 3.43. The van der Waals surface area contributed by atoms with Crippen molar-refractivity contribution >= 4 is 23.5 Å². The summed E-state index contributed by atoms with van der Waals surface area (Å²) in [4.78, 5) is 16.5. The largest absolute Gasteiger partial charge is 0.388 e. The van der Waals surface area contributed by atoms with Crippen LogP contribution in [-0.4, -0.2) is 41.2 Å². The van der Waals surface area contributed by atoms with E-state index >= 15 is 4.39 Å². The van der Waals surface area contributed by atoms with E-state index in [1.165, 1.54) is 0 Å². The van der Waals surface area contributed by atoms with Gasteiger partial charge < -0.3 is 27.1 Å². The highest BCUT2D eigenvalue weighted by atomic mass is 19.3. The number of hydrogen-bond donors (Lipinski definition) is 5. The molecule has 7 nitrogen and oxygen atoms in total. The molecule has 1 aliphatic heterocycles. The highest BCUT2D eigenvalue weighted by Gasteiger charge is 2.45. The van der Waals surface area contributed by atoms with E-state index in [1.54, 1.807) is 6.20 Å². The quantitative estimate of drug-likeness (QED) is 0.463. The molecule has 156 valence electrons. The first-order valence-electron chi connectivity index (χ1n) is 9.69. The van der Waals surface area contributed by atoms with Gasteiger partial charge in [-0.2, -0.15) is 0 Å². The molecule has 2 fully saturated rings. The molecule has 0 aromatic carbocycles. The summed E-state index contributed by atoms with van der Waals surface area (Å²) in [6, 6.07) is -2.01. The molecule has 2 saturated carbocycles. The van der Waals surface area contributed by atoms with Crippen LogP contribution in [0.2, 0.25) is 0 Å². The molecule has 1 amide bonds. The van der Waals surface area contributed by atoms with Gasteiger partial charge in [0.15, 0.2) is 11.6 Å². The van der Waals surface area contributed by atoms with E-state index in [-0.39, 0.29) is 42.0 Å². The maximum atomic E-state index is 15.1. The number of rotatable bonds is 6. The van der Waals surface area contributed by atoms with Crippen LogP contribution in [0.1, 0.15) is 53.7 Å². The average molecular weight is 408 g/mol. The molecule has 0 unspecified atom stereocenters. The second-order valence-electron chi connectivity index (χ2n) is 7.77. The Morgan fingerprint density at radius 1 is 1.34 bits per heavy atom. The third-order valence-corrected chi connectivity index (χ3v) is 5.64. The highest BCUT2D eigenvalue weighted by Crippen LogP contribution is 2.35. The third kappa shape index (κ3) is 3.68. The van der Waals surface area contributed by atoms with Gasteiger partial charge in [0.25, 0.3) is 11.8 Å². The van der Waals surface area contributed by atoms with Gasteiger partial charge in [-0.05, 0) is 25.7 Å². The zero-order valence-corrected chi connectivity index (χ0v) is 15.7. The van der Waals surface area contributed by atoms with E-state index < -0.39 is 29.7 Å². The summed E-state index contributed by atoms with van der Waals surface area (Å²) < 4.78 is 43.0. The summed E-state index contributed by atoms with van der Waals surface area (Å²) >= 11 is 0. The minimum absolute atomic E-state index is 0.0294. The lowest BCUT2D eigenvalue weighted by Gasteiger charge is -2.36. The van der Waals surface area contributed by atoms with Crippen LogP contribution in [-0.2, 0) is 6.54 Å². The fourth-order valence-corrected chi connectivity index (χ4v) is 3.76. The number of nitrogens with one attached hydrogen (secondary N) is 4. The summed E-state index contributed by atoms with van der Waals surface area (Å²) in [7, 11) is 0. The van der Waals surface area contributed by atoms with E-state index in [9.17, 15) is 13.6 Å². The normalized spacial score (nSPS) is 25.9. The molecule has 2 atom stereocenters. The van der Waals surface area contributed by atoms with Crippen LogP contribution < -0.4 is 21.7 Å². The smallest absolute Gasteiger partial charge is 0.264 e. The number of carbonyl (C=O) groups is 1. The van der Waals surface area contributed by atoms with Crippen molar-refractivity contribution < 1.29 is 18.0 Å². The monoisotopic (exact) mass is 408 g/mol. The van der Waals surface area contributed by atoms with Crippen molar-refractivity contribution in [3.05, 3.63) is 28.8 Å². The predicted molar refractivity (Wildman–Crippen MR) is 102 cm³/mol. The number of nitrogens with zero attached hydrogens (tertiary/aromatic N) is 1. The van der Waals surface area contributed by atoms with Crippen molar-refractivity contribution in [3.63, 3.8) is 0 Å². The molecule has 29 heavy (non-hydrogen) atoms. The zero-order valence-electron chi connectivity index (χ0n) is 15.7. The number of anilines is 1. The van der Waals surface area contributed by atoms with Crippen molar-refractivity contribution in [2.24, 2.45) is 5.73 Å². The first kappa shape index (κ1) is 19.7. The highest BCUT2D eigenvalue weighted by molar-refractivity contribution is 6.13. The molecule has 2 aliphatic carbocycles. The zero-order chi connectivity index (χ0) is 20.8. The van der Waals surface area contributed by atoms with Gasteiger partial charge in [0.05, 0.1) is 17.3 Å². The predicted octanol–water partition coefficient (Wildman–Crippen LogP) is 2.13. The Hall–Kier alpha value is -2.62. The summed E-state index contributed by atoms with van der Waals surface area (Å²) in [5, 5.41) is 16.1. The van der Waals surface area contributed by atoms with Gasteiger partial charge in [0.2, 0.25) is 0 Å². The molecule has 0 saturated heterocycles.